The second kappa shape index (κ2) is 14.2. The smallest absolute Gasteiger partial charge is 0.320 e. The van der Waals surface area contributed by atoms with E-state index in [1.807, 2.05) is 29.1 Å². The molecular weight excluding hydrogens is 692 g/mol. The van der Waals surface area contributed by atoms with E-state index in [1.165, 1.54) is 31.6 Å². The Hall–Kier alpha value is -5.32. The molecule has 2 aromatic carbocycles. The van der Waals surface area contributed by atoms with Crippen LogP contribution < -0.4 is 10.5 Å². The van der Waals surface area contributed by atoms with E-state index in [2.05, 4.69) is 0 Å². The number of hydrogen-bond acceptors (Lipinski definition) is 14. The third-order valence-corrected chi connectivity index (χ3v) is 10.1. The summed E-state index contributed by atoms with van der Waals surface area (Å²) in [6.07, 6.45) is 5.26. The van der Waals surface area contributed by atoms with Crippen molar-refractivity contribution in [1.29, 1.82) is 0 Å². The first-order valence-electron chi connectivity index (χ1n) is 17.0. The number of hydrogen-bond donors (Lipinski definition) is 4. The Morgan fingerprint density at radius 1 is 1.02 bits per heavy atom. The Bertz CT molecular complexity index is 2020. The highest BCUT2D eigenvalue weighted by atomic mass is 16.7. The Morgan fingerprint density at radius 2 is 1.77 bits per heavy atom. The number of aromatic nitrogens is 1. The number of Topliss-reactive ketones (excluding diaryl/α,β-unsaturated/α-hetero) is 1. The lowest BCUT2D eigenvalue weighted by molar-refractivity contribution is -0.275. The van der Waals surface area contributed by atoms with Crippen LogP contribution in [0.4, 0.5) is 0 Å². The molecule has 1 saturated heterocycles. The summed E-state index contributed by atoms with van der Waals surface area (Å²) >= 11 is 0. The topological polar surface area (TPSA) is 215 Å². The summed E-state index contributed by atoms with van der Waals surface area (Å²) in [5.74, 6) is -4.69. The highest BCUT2D eigenvalue weighted by molar-refractivity contribution is 6.31. The number of aromatic hydroxyl groups is 2. The van der Waals surface area contributed by atoms with Crippen molar-refractivity contribution in [3.8, 4) is 17.2 Å². The summed E-state index contributed by atoms with van der Waals surface area (Å²) in [5.41, 5.74) is 1.53. The number of nitrogens with zero attached hydrogens (tertiary/aromatic N) is 1. The fourth-order valence-electron chi connectivity index (χ4n) is 7.54. The molecule has 15 nitrogen and oxygen atoms in total. The molecule has 3 heterocycles. The maximum absolute atomic E-state index is 14.1. The van der Waals surface area contributed by atoms with Crippen LogP contribution in [0.2, 0.25) is 0 Å². The number of allylic oxidation sites excluding steroid dienone is 2. The van der Waals surface area contributed by atoms with Gasteiger partial charge in [0.15, 0.2) is 18.7 Å². The number of rotatable bonds is 10. The molecular formula is C38H38N2O13. The van der Waals surface area contributed by atoms with Gasteiger partial charge in [-0.25, -0.2) is 0 Å². The summed E-state index contributed by atoms with van der Waals surface area (Å²) in [6.45, 7) is 0.428. The molecule has 15 heteroatoms. The average Bonchev–Trinajstić information content (AvgIpc) is 3.70. The predicted octanol–water partition coefficient (Wildman–Crippen LogP) is 2.68. The van der Waals surface area contributed by atoms with E-state index in [4.69, 9.17) is 34.2 Å². The largest absolute Gasteiger partial charge is 0.507 e. The lowest BCUT2D eigenvalue weighted by Crippen LogP contribution is -2.50. The number of benzene rings is 2. The van der Waals surface area contributed by atoms with Gasteiger partial charge in [0.05, 0.1) is 54.9 Å². The zero-order valence-electron chi connectivity index (χ0n) is 28.8. The number of phenolic OH excluding ortho intramolecular Hbond substituents is 2. The van der Waals surface area contributed by atoms with Gasteiger partial charge in [-0.05, 0) is 37.3 Å². The number of aliphatic hydroxyl groups is 1. The molecule has 0 saturated carbocycles. The molecule has 0 radical (unpaired) electrons. The molecule has 0 amide bonds. The van der Waals surface area contributed by atoms with Crippen LogP contribution in [0.15, 0.2) is 67.2 Å². The molecule has 2 aliphatic heterocycles. The Kier molecular flexibility index (Phi) is 9.69. The van der Waals surface area contributed by atoms with Gasteiger partial charge in [0, 0.05) is 48.3 Å². The van der Waals surface area contributed by atoms with Crippen molar-refractivity contribution in [2.45, 2.75) is 68.7 Å². The van der Waals surface area contributed by atoms with E-state index in [-0.39, 0.29) is 40.5 Å². The number of phenols is 2. The maximum atomic E-state index is 14.1. The minimum absolute atomic E-state index is 0.0669. The first kappa shape index (κ1) is 36.1. The lowest BCUT2D eigenvalue weighted by atomic mass is 9.72. The molecule has 53 heavy (non-hydrogen) atoms. The molecule has 7 atom stereocenters. The predicted molar refractivity (Wildman–Crippen MR) is 182 cm³/mol. The zero-order valence-corrected chi connectivity index (χ0v) is 28.8. The van der Waals surface area contributed by atoms with Crippen molar-refractivity contribution in [1.82, 2.24) is 4.57 Å². The minimum Gasteiger partial charge on any atom is -0.507 e. The van der Waals surface area contributed by atoms with Crippen molar-refractivity contribution < 1.29 is 62.9 Å². The van der Waals surface area contributed by atoms with Crippen LogP contribution in [-0.2, 0) is 39.7 Å². The average molecular weight is 731 g/mol. The van der Waals surface area contributed by atoms with E-state index in [0.717, 1.165) is 0 Å². The van der Waals surface area contributed by atoms with Crippen LogP contribution in [0.1, 0.15) is 74.9 Å². The molecule has 0 bridgehead atoms. The third kappa shape index (κ3) is 6.40. The van der Waals surface area contributed by atoms with E-state index in [0.29, 0.717) is 0 Å². The van der Waals surface area contributed by atoms with Crippen molar-refractivity contribution in [2.75, 3.05) is 20.3 Å². The summed E-state index contributed by atoms with van der Waals surface area (Å²) in [7, 11) is 1.33. The van der Waals surface area contributed by atoms with Crippen LogP contribution in [0.25, 0.3) is 0 Å². The minimum atomic E-state index is -2.34. The molecule has 4 aliphatic rings. The summed E-state index contributed by atoms with van der Waals surface area (Å²) in [5, 5.41) is 35.6. The maximum Gasteiger partial charge on any atom is 0.320 e. The van der Waals surface area contributed by atoms with Crippen molar-refractivity contribution in [2.24, 2.45) is 5.73 Å². The van der Waals surface area contributed by atoms with Gasteiger partial charge in [0.1, 0.15) is 29.0 Å². The highest BCUT2D eigenvalue weighted by Crippen LogP contribution is 2.53. The molecule has 1 aromatic heterocycles. The Morgan fingerprint density at radius 3 is 2.47 bits per heavy atom. The first-order chi connectivity index (χ1) is 25.4. The number of esters is 1. The fourth-order valence-corrected chi connectivity index (χ4v) is 7.54. The second-order valence-corrected chi connectivity index (χ2v) is 13.2. The van der Waals surface area contributed by atoms with Gasteiger partial charge in [-0.1, -0.05) is 18.2 Å². The summed E-state index contributed by atoms with van der Waals surface area (Å²) < 4.78 is 37.0. The van der Waals surface area contributed by atoms with Gasteiger partial charge in [-0.3, -0.25) is 19.2 Å². The summed E-state index contributed by atoms with van der Waals surface area (Å²) in [4.78, 5) is 53.3. The molecule has 1 fully saturated rings. The van der Waals surface area contributed by atoms with Crippen molar-refractivity contribution in [3.63, 3.8) is 0 Å². The van der Waals surface area contributed by atoms with E-state index >= 15 is 0 Å². The number of carbonyl (C=O) groups excluding carboxylic acids is 4. The number of ketones is 3. The number of ether oxygens (including phenoxy) is 6. The molecule has 5 N–H and O–H groups in total. The number of nitrogens with two attached hydrogens (primary N) is 1. The number of fused-ring (bicyclic) bond motifs is 3. The SMILES string of the molecule is COc1cccc2c1C(=O)c1c(O)c3c(c(O)c1C2=O)C[C@@](O)(C(=O)COC(=O)CN)C[C@@H]3O[C@H]1C[C@H](n2cccc2)[C@H](OC2C=CC=CO2)[C@H](C)O1. The van der Waals surface area contributed by atoms with E-state index in [1.54, 1.807) is 25.2 Å². The molecule has 0 spiro atoms. The van der Waals surface area contributed by atoms with Crippen LogP contribution in [0.5, 0.6) is 17.2 Å². The van der Waals surface area contributed by atoms with Crippen LogP contribution in [0.3, 0.4) is 0 Å². The van der Waals surface area contributed by atoms with Crippen LogP contribution in [0, 0.1) is 0 Å². The van der Waals surface area contributed by atoms with Gasteiger partial charge < -0.3 is 54.0 Å². The lowest BCUT2D eigenvalue weighted by Gasteiger charge is -2.44. The number of carbonyl (C=O) groups is 4. The van der Waals surface area contributed by atoms with Gasteiger partial charge in [0.2, 0.25) is 17.9 Å². The zero-order chi connectivity index (χ0) is 37.6. The highest BCUT2D eigenvalue weighted by Gasteiger charge is 2.51. The Labute approximate surface area is 303 Å². The Balaban J connectivity index is 1.29. The number of methoxy groups -OCH3 is 1. The first-order valence-corrected chi connectivity index (χ1v) is 17.0. The normalized spacial score (nSPS) is 27.3. The standard InChI is InChI=1S/C38H38N2O13/c1-19-37(53-27-10-3-6-13-49-27)22(40-11-4-5-12-40)14-28(51-19)52-24-16-38(47,25(41)18-50-26(42)17-39)15-21-30(24)36(46)32-31(34(21)44)33(43)20-8-7-9-23(48-2)29(20)35(32)45/h3-13,19,22,24,27-28,37,44,46-47H,14-18,39H2,1-2H3/t19-,22-,24-,27?,28-,37+,38-/m0/s1. The van der Waals surface area contributed by atoms with Crippen molar-refractivity contribution in [3.05, 3.63) is 101 Å². The quantitative estimate of drug-likeness (QED) is 0.136. The molecule has 278 valence electrons. The van der Waals surface area contributed by atoms with Gasteiger partial charge in [-0.15, -0.1) is 0 Å². The van der Waals surface area contributed by atoms with E-state index in [9.17, 15) is 34.5 Å². The van der Waals surface area contributed by atoms with Crippen molar-refractivity contribution >= 4 is 23.3 Å². The van der Waals surface area contributed by atoms with Gasteiger partial charge in [0.25, 0.3) is 0 Å². The second-order valence-electron chi connectivity index (χ2n) is 13.2. The van der Waals surface area contributed by atoms with Crippen LogP contribution >= 0.6 is 0 Å². The molecule has 2 aliphatic carbocycles. The summed E-state index contributed by atoms with van der Waals surface area (Å²) in [6, 6.07) is 7.71. The monoisotopic (exact) mass is 730 g/mol. The van der Waals surface area contributed by atoms with E-state index < -0.39 is 108 Å². The molecule has 3 aromatic rings. The fraction of sp³-hybridized carbons (Fsp3) is 0.368. The molecule has 1 unspecified atom stereocenters. The third-order valence-electron chi connectivity index (χ3n) is 10.1. The van der Waals surface area contributed by atoms with Gasteiger partial charge in [-0.2, -0.15) is 0 Å². The van der Waals surface area contributed by atoms with Crippen LogP contribution in [-0.4, -0.2) is 93.9 Å². The van der Waals surface area contributed by atoms with Gasteiger partial charge >= 0.3 is 5.97 Å². The molecule has 7 rings (SSSR count).